The van der Waals surface area contributed by atoms with Crippen molar-refractivity contribution in [2.45, 2.75) is 31.6 Å². The molecule has 0 saturated carbocycles. The van der Waals surface area contributed by atoms with E-state index in [9.17, 15) is 5.11 Å². The molecule has 0 spiro atoms. The van der Waals surface area contributed by atoms with Crippen molar-refractivity contribution in [2.24, 2.45) is 5.73 Å². The number of hydrogen-bond donors (Lipinski definition) is 3. The Hall–Kier alpha value is -1.61. The van der Waals surface area contributed by atoms with Crippen LogP contribution in [0.4, 0.5) is 0 Å². The van der Waals surface area contributed by atoms with Crippen molar-refractivity contribution in [2.75, 3.05) is 13.1 Å². The molecule has 2 unspecified atom stereocenters. The lowest BCUT2D eigenvalue weighted by Gasteiger charge is -2.42. The van der Waals surface area contributed by atoms with E-state index in [0.29, 0.717) is 24.4 Å². The number of aliphatic hydroxyl groups is 1. The maximum Gasteiger partial charge on any atom is 0.131 e. The molecule has 0 saturated heterocycles. The molecule has 1 aliphatic heterocycles. The average Bonchev–Trinajstić information content (AvgIpc) is 2.39. The van der Waals surface area contributed by atoms with Crippen molar-refractivity contribution in [3.8, 4) is 11.8 Å². The van der Waals surface area contributed by atoms with Crippen LogP contribution in [0.1, 0.15) is 31.0 Å². The molecule has 19 heavy (non-hydrogen) atoms. The van der Waals surface area contributed by atoms with Crippen molar-refractivity contribution in [3.05, 3.63) is 29.3 Å². The maximum absolute atomic E-state index is 10.4. The lowest BCUT2D eigenvalue weighted by atomic mass is 9.86. The summed E-state index contributed by atoms with van der Waals surface area (Å²) >= 11 is 0. The van der Waals surface area contributed by atoms with E-state index >= 15 is 0 Å². The average molecular weight is 261 g/mol. The summed E-state index contributed by atoms with van der Waals surface area (Å²) in [6, 6.07) is 7.06. The first-order valence-corrected chi connectivity index (χ1v) is 6.34. The minimum atomic E-state index is -0.708. The minimum absolute atomic E-state index is 0.282. The molecule has 0 aliphatic carbocycles. The van der Waals surface area contributed by atoms with Gasteiger partial charge in [0.1, 0.15) is 17.5 Å². The number of nitriles is 1. The maximum atomic E-state index is 10.4. The van der Waals surface area contributed by atoms with E-state index in [4.69, 9.17) is 15.7 Å². The Morgan fingerprint density at radius 2 is 2.26 bits per heavy atom. The van der Waals surface area contributed by atoms with Gasteiger partial charge >= 0.3 is 0 Å². The summed E-state index contributed by atoms with van der Waals surface area (Å²) in [5, 5.41) is 22.6. The van der Waals surface area contributed by atoms with Gasteiger partial charge < -0.3 is 20.9 Å². The zero-order chi connectivity index (χ0) is 14.0. The van der Waals surface area contributed by atoms with E-state index in [1.165, 1.54) is 0 Å². The van der Waals surface area contributed by atoms with Gasteiger partial charge in [0.2, 0.25) is 0 Å². The molecule has 2 rings (SSSR count). The lowest BCUT2D eigenvalue weighted by molar-refractivity contribution is -0.0643. The highest BCUT2D eigenvalue weighted by Crippen LogP contribution is 2.40. The Bertz CT molecular complexity index is 508. The van der Waals surface area contributed by atoms with Gasteiger partial charge in [0.05, 0.1) is 17.7 Å². The second-order valence-corrected chi connectivity index (χ2v) is 5.24. The summed E-state index contributed by atoms with van der Waals surface area (Å²) in [5.74, 6) is 0.698. The predicted octanol–water partition coefficient (Wildman–Crippen LogP) is 0.680. The summed E-state index contributed by atoms with van der Waals surface area (Å²) in [6.07, 6.45) is -0.708. The number of benzene rings is 1. The van der Waals surface area contributed by atoms with E-state index in [0.717, 1.165) is 5.56 Å². The van der Waals surface area contributed by atoms with Gasteiger partial charge in [-0.05, 0) is 32.0 Å². The Labute approximate surface area is 113 Å². The first-order valence-electron chi connectivity index (χ1n) is 6.34. The van der Waals surface area contributed by atoms with Crippen LogP contribution in [0.3, 0.4) is 0 Å². The van der Waals surface area contributed by atoms with Gasteiger partial charge in [0.25, 0.3) is 0 Å². The summed E-state index contributed by atoms with van der Waals surface area (Å²) in [7, 11) is 0. The van der Waals surface area contributed by atoms with Crippen LogP contribution in [0.15, 0.2) is 18.2 Å². The quantitative estimate of drug-likeness (QED) is 0.744. The van der Waals surface area contributed by atoms with Crippen LogP contribution in [-0.4, -0.2) is 29.9 Å². The number of nitrogens with two attached hydrogens (primary N) is 1. The highest BCUT2D eigenvalue weighted by atomic mass is 16.5. The largest absolute Gasteiger partial charge is 0.485 e. The Morgan fingerprint density at radius 1 is 1.53 bits per heavy atom. The third-order valence-electron chi connectivity index (χ3n) is 3.38. The molecule has 1 aromatic rings. The van der Waals surface area contributed by atoms with Crippen LogP contribution in [0.5, 0.6) is 5.75 Å². The van der Waals surface area contributed by atoms with E-state index < -0.39 is 11.7 Å². The highest BCUT2D eigenvalue weighted by Gasteiger charge is 2.42. The molecular weight excluding hydrogens is 242 g/mol. The van der Waals surface area contributed by atoms with Crippen molar-refractivity contribution < 1.29 is 9.84 Å². The molecule has 0 amide bonds. The van der Waals surface area contributed by atoms with Gasteiger partial charge in [-0.1, -0.05) is 0 Å². The Kier molecular flexibility index (Phi) is 3.76. The fourth-order valence-electron chi connectivity index (χ4n) is 2.33. The fourth-order valence-corrected chi connectivity index (χ4v) is 2.33. The number of fused-ring (bicyclic) bond motifs is 1. The molecule has 5 heteroatoms. The number of hydrogen-bond acceptors (Lipinski definition) is 5. The summed E-state index contributed by atoms with van der Waals surface area (Å²) in [5.41, 5.74) is 6.17. The van der Waals surface area contributed by atoms with Crippen LogP contribution in [0.25, 0.3) is 0 Å². The minimum Gasteiger partial charge on any atom is -0.485 e. The molecule has 0 bridgehead atoms. The van der Waals surface area contributed by atoms with Crippen molar-refractivity contribution in [1.29, 1.82) is 5.26 Å². The number of rotatable bonds is 3. The molecule has 1 aliphatic rings. The van der Waals surface area contributed by atoms with Gasteiger partial charge in [-0.25, -0.2) is 0 Å². The normalized spacial score (nSPS) is 24.2. The first-order chi connectivity index (χ1) is 8.99. The van der Waals surface area contributed by atoms with Crippen LogP contribution in [0, 0.1) is 11.3 Å². The Morgan fingerprint density at radius 3 is 2.89 bits per heavy atom. The number of nitrogens with zero attached hydrogens (tertiary/aromatic N) is 1. The van der Waals surface area contributed by atoms with E-state index in [-0.39, 0.29) is 6.04 Å². The van der Waals surface area contributed by atoms with Crippen LogP contribution in [-0.2, 0) is 0 Å². The molecule has 0 radical (unpaired) electrons. The van der Waals surface area contributed by atoms with Gasteiger partial charge in [-0.15, -0.1) is 0 Å². The van der Waals surface area contributed by atoms with Crippen LogP contribution < -0.4 is 15.8 Å². The van der Waals surface area contributed by atoms with Crippen molar-refractivity contribution in [3.63, 3.8) is 0 Å². The number of ether oxygens (including phenoxy) is 1. The zero-order valence-corrected chi connectivity index (χ0v) is 11.2. The molecule has 2 atom stereocenters. The number of nitrogens with one attached hydrogen (secondary N) is 1. The molecule has 1 aromatic carbocycles. The van der Waals surface area contributed by atoms with Crippen LogP contribution in [0.2, 0.25) is 0 Å². The SMILES string of the molecule is CC1(C)Oc2ccc(C#N)cc2C(NCCN)C1O. The van der Waals surface area contributed by atoms with Crippen LogP contribution >= 0.6 is 0 Å². The molecule has 4 N–H and O–H groups in total. The molecule has 0 fully saturated rings. The summed E-state index contributed by atoms with van der Waals surface area (Å²) < 4.78 is 5.81. The third kappa shape index (κ3) is 2.56. The van der Waals surface area contributed by atoms with E-state index in [1.54, 1.807) is 18.2 Å². The molecule has 5 nitrogen and oxygen atoms in total. The molecule has 1 heterocycles. The van der Waals surface area contributed by atoms with Gasteiger partial charge in [-0.2, -0.15) is 5.26 Å². The third-order valence-corrected chi connectivity index (χ3v) is 3.38. The number of aliphatic hydroxyl groups excluding tert-OH is 1. The lowest BCUT2D eigenvalue weighted by Crippen LogP contribution is -2.53. The fraction of sp³-hybridized carbons (Fsp3) is 0.500. The monoisotopic (exact) mass is 261 g/mol. The second-order valence-electron chi connectivity index (χ2n) is 5.24. The summed E-state index contributed by atoms with van der Waals surface area (Å²) in [4.78, 5) is 0. The molecule has 0 aromatic heterocycles. The molecular formula is C14H19N3O2. The first kappa shape index (κ1) is 13.8. The Balaban J connectivity index is 2.43. The van der Waals surface area contributed by atoms with Crippen molar-refractivity contribution in [1.82, 2.24) is 5.32 Å². The van der Waals surface area contributed by atoms with Crippen molar-refractivity contribution >= 4 is 0 Å². The van der Waals surface area contributed by atoms with E-state index in [2.05, 4.69) is 11.4 Å². The van der Waals surface area contributed by atoms with E-state index in [1.807, 2.05) is 13.8 Å². The highest BCUT2D eigenvalue weighted by molar-refractivity contribution is 5.46. The molecule has 102 valence electrons. The predicted molar refractivity (Wildman–Crippen MR) is 71.7 cm³/mol. The zero-order valence-electron chi connectivity index (χ0n) is 11.2. The van der Waals surface area contributed by atoms with Gasteiger partial charge in [0, 0.05) is 18.7 Å². The smallest absolute Gasteiger partial charge is 0.131 e. The van der Waals surface area contributed by atoms with Gasteiger partial charge in [-0.3, -0.25) is 0 Å². The standard InChI is InChI=1S/C14H19N3O2/c1-14(2)13(18)12(17-6-5-15)10-7-9(8-16)3-4-11(10)19-14/h3-4,7,12-13,17-18H,5-6,15H2,1-2H3. The van der Waals surface area contributed by atoms with Gasteiger partial charge in [0.15, 0.2) is 0 Å². The topological polar surface area (TPSA) is 91.3 Å². The summed E-state index contributed by atoms with van der Waals surface area (Å²) in [6.45, 7) is 4.76. The second kappa shape index (κ2) is 5.17.